The van der Waals surface area contributed by atoms with Gasteiger partial charge in [0.2, 0.25) is 35.4 Å². The van der Waals surface area contributed by atoms with Crippen LogP contribution in [0.15, 0.2) is 46.0 Å². The van der Waals surface area contributed by atoms with Crippen LogP contribution >= 0.6 is 0 Å². The number of primary amides is 2. The lowest BCUT2D eigenvalue weighted by Gasteiger charge is -2.31. The van der Waals surface area contributed by atoms with Crippen molar-refractivity contribution in [1.82, 2.24) is 45.7 Å². The van der Waals surface area contributed by atoms with Crippen LogP contribution in [-0.4, -0.2) is 117 Å². The van der Waals surface area contributed by atoms with Crippen molar-refractivity contribution in [1.29, 1.82) is 0 Å². The number of cyclic esters (lactones) is 2. The number of nitrogens with zero attached hydrogens (tertiary/aromatic N) is 4. The molecule has 0 spiro atoms. The van der Waals surface area contributed by atoms with Crippen molar-refractivity contribution in [2.45, 2.75) is 103 Å². The SMILES string of the molecule is CC[C@@]1(O)C(=O)OCc2c1cc1n(c2=O)Cc2c-1nc1cc(F)c(OC)cc1c2CNC(=O)CNC(=O)CC(CCNCCC(CC(=O)NCC(=O)NCc1c2c(nc3cc(F)c(OC)cc13)-c1cc3c(c(=O)n1C2)COC(=O)[C@]3(O)CC)C(N)=O)C(N)=O. The molecule has 0 radical (unpaired) electrons. The third kappa shape index (κ3) is 11.6. The van der Waals surface area contributed by atoms with Crippen molar-refractivity contribution in [3.63, 3.8) is 0 Å². The number of carbonyl (C=O) groups excluding carboxylic acids is 8. The molecule has 27 nitrogen and oxygen atoms in total. The Morgan fingerprint density at radius 3 is 1.36 bits per heavy atom. The number of halogens is 2. The van der Waals surface area contributed by atoms with Crippen molar-refractivity contribution in [3.05, 3.63) is 113 Å². The van der Waals surface area contributed by atoms with Gasteiger partial charge in [0.05, 0.1) is 85.3 Å². The summed E-state index contributed by atoms with van der Waals surface area (Å²) in [5.41, 5.74) is 9.51. The van der Waals surface area contributed by atoms with E-state index in [4.69, 9.17) is 30.4 Å². The number of amides is 6. The largest absolute Gasteiger partial charge is 0.494 e. The van der Waals surface area contributed by atoms with E-state index in [-0.39, 0.29) is 146 Å². The monoisotopic (exact) mass is 1230 g/mol. The number of fused-ring (bicyclic) bond motifs is 10. The van der Waals surface area contributed by atoms with Crippen LogP contribution in [-0.2, 0) is 98.4 Å². The Labute approximate surface area is 503 Å². The summed E-state index contributed by atoms with van der Waals surface area (Å²) < 4.78 is 53.8. The number of esters is 2. The fourth-order valence-electron chi connectivity index (χ4n) is 11.9. The molecule has 6 aromatic rings. The number of nitrogens with two attached hydrogens (primary N) is 2. The van der Waals surface area contributed by atoms with Crippen LogP contribution in [0.3, 0.4) is 0 Å². The number of ether oxygens (including phenoxy) is 4. The van der Waals surface area contributed by atoms with Crippen LogP contribution < -0.4 is 58.6 Å². The van der Waals surface area contributed by atoms with E-state index in [1.165, 1.54) is 47.6 Å². The van der Waals surface area contributed by atoms with Crippen LogP contribution in [0.2, 0.25) is 0 Å². The highest BCUT2D eigenvalue weighted by molar-refractivity contribution is 5.94. The van der Waals surface area contributed by atoms with Gasteiger partial charge in [0.15, 0.2) is 34.3 Å². The Morgan fingerprint density at radius 2 is 1.00 bits per heavy atom. The number of methoxy groups -OCH3 is 2. The second-order valence-electron chi connectivity index (χ2n) is 22.1. The Kier molecular flexibility index (Phi) is 17.4. The number of aliphatic hydroxyl groups is 2. The molecule has 4 aliphatic heterocycles. The lowest BCUT2D eigenvalue weighted by molar-refractivity contribution is -0.172. The number of pyridine rings is 4. The zero-order valence-corrected chi connectivity index (χ0v) is 48.7. The van der Waals surface area contributed by atoms with E-state index in [1.54, 1.807) is 13.8 Å². The molecule has 10 rings (SSSR count). The van der Waals surface area contributed by atoms with Crippen LogP contribution in [0.5, 0.6) is 11.5 Å². The van der Waals surface area contributed by atoms with E-state index in [0.717, 1.165) is 12.1 Å². The molecule has 29 heteroatoms. The van der Waals surface area contributed by atoms with Gasteiger partial charge < -0.3 is 76.3 Å². The average Bonchev–Trinajstić information content (AvgIpc) is 1.66. The molecule has 0 bridgehead atoms. The smallest absolute Gasteiger partial charge is 0.343 e. The molecule has 8 heterocycles. The zero-order valence-electron chi connectivity index (χ0n) is 48.7. The van der Waals surface area contributed by atoms with Gasteiger partial charge in [0, 0.05) is 82.9 Å². The first-order valence-corrected chi connectivity index (χ1v) is 28.5. The predicted octanol–water partition coefficient (Wildman–Crippen LogP) is 0.286. The topological polar surface area (TPSA) is 396 Å². The number of benzene rings is 2. The molecule has 0 saturated carbocycles. The molecule has 4 atom stereocenters. The minimum absolute atomic E-state index is 0.0415. The Morgan fingerprint density at radius 1 is 0.607 bits per heavy atom. The number of hydrogen-bond acceptors (Lipinski definition) is 19. The van der Waals surface area contributed by atoms with E-state index < -0.39 is 119 Å². The lowest BCUT2D eigenvalue weighted by atomic mass is 9.86. The first kappa shape index (κ1) is 62.3. The summed E-state index contributed by atoms with van der Waals surface area (Å²) in [5.74, 6) is -9.80. The molecule has 2 aromatic carbocycles. The molecule has 468 valence electrons. The maximum atomic E-state index is 15.1. The van der Waals surface area contributed by atoms with Gasteiger partial charge in [-0.3, -0.25) is 38.4 Å². The lowest BCUT2D eigenvalue weighted by Crippen LogP contribution is -2.44. The fraction of sp³-hybridized carbons (Fsp3) is 0.400. The minimum atomic E-state index is -2.10. The van der Waals surface area contributed by atoms with Gasteiger partial charge >= 0.3 is 11.9 Å². The summed E-state index contributed by atoms with van der Waals surface area (Å²) in [6.07, 6.45) is -0.847. The fourth-order valence-corrected chi connectivity index (χ4v) is 11.9. The molecule has 89 heavy (non-hydrogen) atoms. The third-order valence-electron chi connectivity index (χ3n) is 17.0. The van der Waals surface area contributed by atoms with Gasteiger partial charge in [-0.1, -0.05) is 13.8 Å². The highest BCUT2D eigenvalue weighted by Gasteiger charge is 2.47. The highest BCUT2D eigenvalue weighted by atomic mass is 19.1. The van der Waals surface area contributed by atoms with E-state index in [0.29, 0.717) is 33.0 Å². The number of hydrogen-bond donors (Lipinski definition) is 9. The minimum Gasteiger partial charge on any atom is -0.494 e. The number of rotatable bonds is 24. The van der Waals surface area contributed by atoms with Crippen LogP contribution in [0, 0.1) is 23.5 Å². The van der Waals surface area contributed by atoms with Gasteiger partial charge in [-0.2, -0.15) is 0 Å². The quantitative estimate of drug-likeness (QED) is 0.0290. The molecule has 2 unspecified atom stereocenters. The van der Waals surface area contributed by atoms with E-state index in [1.807, 2.05) is 0 Å². The first-order valence-electron chi connectivity index (χ1n) is 28.5. The highest BCUT2D eigenvalue weighted by Crippen LogP contribution is 2.43. The predicted molar refractivity (Wildman–Crippen MR) is 308 cm³/mol. The molecular formula is C60H63F2N11O16. The second kappa shape index (κ2) is 24.8. The zero-order chi connectivity index (χ0) is 64.0. The van der Waals surface area contributed by atoms with Gasteiger partial charge in [-0.25, -0.2) is 28.3 Å². The molecule has 0 aliphatic carbocycles. The van der Waals surface area contributed by atoms with Crippen molar-refractivity contribution >= 4 is 69.2 Å². The summed E-state index contributed by atoms with van der Waals surface area (Å²) in [6.45, 7) is 1.13. The van der Waals surface area contributed by atoms with Crippen LogP contribution in [0.1, 0.15) is 96.9 Å². The summed E-state index contributed by atoms with van der Waals surface area (Å²) in [7, 11) is 2.55. The molecule has 6 amide bonds. The summed E-state index contributed by atoms with van der Waals surface area (Å²) >= 11 is 0. The number of nitrogens with one attached hydrogen (secondary N) is 5. The van der Waals surface area contributed by atoms with Gasteiger partial charge in [-0.15, -0.1) is 0 Å². The molecule has 4 aliphatic rings. The van der Waals surface area contributed by atoms with Gasteiger partial charge in [0.25, 0.3) is 11.1 Å². The maximum Gasteiger partial charge on any atom is 0.343 e. The van der Waals surface area contributed by atoms with E-state index in [9.17, 15) is 58.2 Å². The van der Waals surface area contributed by atoms with Crippen molar-refractivity contribution < 1.29 is 76.3 Å². The van der Waals surface area contributed by atoms with Crippen molar-refractivity contribution in [3.8, 4) is 34.3 Å². The van der Waals surface area contributed by atoms with Gasteiger partial charge in [0.1, 0.15) is 13.2 Å². The van der Waals surface area contributed by atoms with Crippen LogP contribution in [0.25, 0.3) is 44.6 Å². The van der Waals surface area contributed by atoms with E-state index in [2.05, 4.69) is 36.6 Å². The molecular weight excluding hydrogens is 1170 g/mol. The Bertz CT molecular complexity index is 3890. The van der Waals surface area contributed by atoms with Gasteiger partial charge in [-0.05, 0) is 74.2 Å². The molecule has 0 saturated heterocycles. The molecule has 0 fully saturated rings. The summed E-state index contributed by atoms with van der Waals surface area (Å²) in [4.78, 5) is 140. The number of aromatic nitrogens is 4. The van der Waals surface area contributed by atoms with Crippen LogP contribution in [0.4, 0.5) is 8.78 Å². The molecule has 4 aromatic heterocycles. The standard InChI is InChI=1S/C60H63F2N11O16/c1-5-59(84)37-15-43-51-33(23-72(43)55(80)35(37)25-88-57(59)82)31(29-13-45(86-3)39(61)17-41(29)70-51)19-66-49(76)21-68-47(74)11-27(53(63)78)7-9-65-10-8-28(54(64)79)12-48(75)69-22-50(77)67-20-32-30-14-46(87-4)40(62)18-42(30)71-52-34(32)24-73-44(52)16-38-36(56(73)81)26-89-58(83)60(38,85)6-2/h13-18,27-28,65,84-85H,5-12,19-26H2,1-4H3,(H2,63,78)(H2,64,79)(H,66,76)(H,67,77)(H,68,74)(H,69,75)/t27?,28?,59-,60-/m0/s1. The Hall–Kier alpha value is -9.74. The molecule has 11 N–H and O–H groups in total. The van der Waals surface area contributed by atoms with Crippen molar-refractivity contribution in [2.24, 2.45) is 23.3 Å². The second-order valence-corrected chi connectivity index (χ2v) is 22.1. The average molecular weight is 1230 g/mol. The Balaban J connectivity index is 0.700. The third-order valence-corrected chi connectivity index (χ3v) is 17.0. The van der Waals surface area contributed by atoms with E-state index >= 15 is 8.78 Å². The maximum absolute atomic E-state index is 15.1. The normalized spacial score (nSPS) is 17.4. The number of carbonyl (C=O) groups is 8. The first-order chi connectivity index (χ1) is 42.4. The summed E-state index contributed by atoms with van der Waals surface area (Å²) in [6, 6.07) is 8.09. The van der Waals surface area contributed by atoms with Crippen molar-refractivity contribution in [2.75, 3.05) is 40.4 Å². The summed E-state index contributed by atoms with van der Waals surface area (Å²) in [5, 5.41) is 36.9.